The average Bonchev–Trinajstić information content (AvgIpc) is 2.91. The molecule has 0 spiro atoms. The van der Waals surface area contributed by atoms with E-state index in [4.69, 9.17) is 0 Å². The van der Waals surface area contributed by atoms with Crippen LogP contribution in [0.5, 0.6) is 0 Å². The number of hydrogen-bond donors (Lipinski definition) is 0. The van der Waals surface area contributed by atoms with Gasteiger partial charge in [0.25, 0.3) is 0 Å². The fraction of sp³-hybridized carbons (Fsp3) is 0. The van der Waals surface area contributed by atoms with Crippen LogP contribution in [0.3, 0.4) is 0 Å². The SMILES string of the molecule is c1ccc2cc(-c3nsc4ccccc34)ccc2c1. The van der Waals surface area contributed by atoms with Crippen molar-refractivity contribution in [3.8, 4) is 11.3 Å². The molecule has 0 saturated carbocycles. The minimum Gasteiger partial charge on any atom is -0.191 e. The lowest BCUT2D eigenvalue weighted by atomic mass is 10.0. The summed E-state index contributed by atoms with van der Waals surface area (Å²) in [6.07, 6.45) is 0. The van der Waals surface area contributed by atoms with Crippen LogP contribution in [0.25, 0.3) is 32.1 Å². The van der Waals surface area contributed by atoms with Gasteiger partial charge in [0.1, 0.15) is 0 Å². The summed E-state index contributed by atoms with van der Waals surface area (Å²) in [6.45, 7) is 0. The predicted molar refractivity (Wildman–Crippen MR) is 82.6 cm³/mol. The van der Waals surface area contributed by atoms with Crippen LogP contribution in [0.1, 0.15) is 0 Å². The molecule has 0 amide bonds. The molecule has 90 valence electrons. The Kier molecular flexibility index (Phi) is 2.35. The second kappa shape index (κ2) is 4.18. The van der Waals surface area contributed by atoms with Crippen LogP contribution in [0.15, 0.2) is 66.7 Å². The first kappa shape index (κ1) is 10.7. The van der Waals surface area contributed by atoms with Crippen LogP contribution < -0.4 is 0 Å². The standard InChI is InChI=1S/C17H11NS/c1-2-6-13-11-14(10-9-12(13)5-1)17-15-7-3-4-8-16(15)19-18-17/h1-11H. The third-order valence-electron chi connectivity index (χ3n) is 3.40. The van der Waals surface area contributed by atoms with Gasteiger partial charge >= 0.3 is 0 Å². The minimum atomic E-state index is 1.09. The zero-order valence-electron chi connectivity index (χ0n) is 10.2. The molecular formula is C17H11NS. The molecule has 0 atom stereocenters. The molecule has 0 saturated heterocycles. The Morgan fingerprint density at radius 3 is 2.47 bits per heavy atom. The average molecular weight is 261 g/mol. The molecular weight excluding hydrogens is 250 g/mol. The van der Waals surface area contributed by atoms with Crippen LogP contribution in [0.2, 0.25) is 0 Å². The van der Waals surface area contributed by atoms with E-state index in [9.17, 15) is 0 Å². The molecule has 3 aromatic carbocycles. The maximum absolute atomic E-state index is 4.61. The Bertz CT molecular complexity index is 876. The van der Waals surface area contributed by atoms with Gasteiger partial charge in [-0.2, -0.15) is 4.37 Å². The van der Waals surface area contributed by atoms with E-state index < -0.39 is 0 Å². The second-order valence-corrected chi connectivity index (χ2v) is 5.39. The van der Waals surface area contributed by atoms with Gasteiger partial charge in [0.15, 0.2) is 0 Å². The molecule has 0 bridgehead atoms. The smallest absolute Gasteiger partial charge is 0.0919 e. The molecule has 2 heteroatoms. The topological polar surface area (TPSA) is 12.9 Å². The highest BCUT2D eigenvalue weighted by Crippen LogP contribution is 2.32. The quantitative estimate of drug-likeness (QED) is 0.463. The molecule has 0 fully saturated rings. The summed E-state index contributed by atoms with van der Waals surface area (Å²) in [7, 11) is 0. The number of benzene rings is 3. The van der Waals surface area contributed by atoms with E-state index in [1.807, 2.05) is 0 Å². The number of rotatable bonds is 1. The largest absolute Gasteiger partial charge is 0.191 e. The first-order chi connectivity index (χ1) is 9.42. The van der Waals surface area contributed by atoms with Crippen molar-refractivity contribution in [3.63, 3.8) is 0 Å². The van der Waals surface area contributed by atoms with Crippen molar-refractivity contribution >= 4 is 32.4 Å². The van der Waals surface area contributed by atoms with Gasteiger partial charge in [-0.25, -0.2) is 0 Å². The lowest BCUT2D eigenvalue weighted by Gasteiger charge is -2.01. The summed E-state index contributed by atoms with van der Waals surface area (Å²) in [6, 6.07) is 23.4. The first-order valence-corrected chi connectivity index (χ1v) is 7.03. The van der Waals surface area contributed by atoms with Gasteiger partial charge in [0, 0.05) is 10.9 Å². The summed E-state index contributed by atoms with van der Waals surface area (Å²) >= 11 is 1.56. The Morgan fingerprint density at radius 2 is 1.53 bits per heavy atom. The van der Waals surface area contributed by atoms with Gasteiger partial charge in [0.05, 0.1) is 10.4 Å². The number of nitrogens with zero attached hydrogens (tertiary/aromatic N) is 1. The Hall–Kier alpha value is -2.19. The van der Waals surface area contributed by atoms with E-state index in [0.717, 1.165) is 5.69 Å². The van der Waals surface area contributed by atoms with Gasteiger partial charge in [-0.05, 0) is 34.4 Å². The zero-order valence-corrected chi connectivity index (χ0v) is 11.0. The zero-order chi connectivity index (χ0) is 12.7. The van der Waals surface area contributed by atoms with E-state index in [0.29, 0.717) is 0 Å². The lowest BCUT2D eigenvalue weighted by molar-refractivity contribution is 1.56. The first-order valence-electron chi connectivity index (χ1n) is 6.25. The number of aromatic nitrogens is 1. The van der Waals surface area contributed by atoms with Crippen molar-refractivity contribution in [2.45, 2.75) is 0 Å². The Balaban J connectivity index is 1.99. The van der Waals surface area contributed by atoms with Gasteiger partial charge in [-0.15, -0.1) is 0 Å². The molecule has 4 aromatic rings. The molecule has 19 heavy (non-hydrogen) atoms. The highest BCUT2D eigenvalue weighted by atomic mass is 32.1. The maximum atomic E-state index is 4.61. The monoisotopic (exact) mass is 261 g/mol. The summed E-state index contributed by atoms with van der Waals surface area (Å²) < 4.78 is 5.86. The van der Waals surface area contributed by atoms with Gasteiger partial charge in [-0.3, -0.25) is 0 Å². The van der Waals surface area contributed by atoms with E-state index in [1.54, 1.807) is 11.5 Å². The van der Waals surface area contributed by atoms with E-state index in [2.05, 4.69) is 71.1 Å². The van der Waals surface area contributed by atoms with Crippen LogP contribution in [-0.2, 0) is 0 Å². The van der Waals surface area contributed by atoms with Gasteiger partial charge in [-0.1, -0.05) is 54.6 Å². The predicted octanol–water partition coefficient (Wildman–Crippen LogP) is 5.12. The summed E-state index contributed by atoms with van der Waals surface area (Å²) in [5, 5.41) is 3.77. The highest BCUT2D eigenvalue weighted by Gasteiger charge is 2.08. The molecule has 0 radical (unpaired) electrons. The molecule has 1 aromatic heterocycles. The minimum absolute atomic E-state index is 1.09. The molecule has 0 N–H and O–H groups in total. The summed E-state index contributed by atoms with van der Waals surface area (Å²) in [4.78, 5) is 0. The van der Waals surface area contributed by atoms with Crippen molar-refractivity contribution in [2.75, 3.05) is 0 Å². The van der Waals surface area contributed by atoms with Crippen molar-refractivity contribution in [2.24, 2.45) is 0 Å². The fourth-order valence-electron chi connectivity index (χ4n) is 2.43. The molecule has 1 heterocycles. The molecule has 0 aliphatic carbocycles. The molecule has 4 rings (SSSR count). The second-order valence-electron chi connectivity index (χ2n) is 4.59. The third kappa shape index (κ3) is 1.72. The summed E-state index contributed by atoms with van der Waals surface area (Å²) in [5.41, 5.74) is 2.28. The van der Waals surface area contributed by atoms with Crippen molar-refractivity contribution in [1.29, 1.82) is 0 Å². The third-order valence-corrected chi connectivity index (χ3v) is 4.23. The van der Waals surface area contributed by atoms with Crippen molar-refractivity contribution in [1.82, 2.24) is 4.37 Å². The van der Waals surface area contributed by atoms with Crippen molar-refractivity contribution < 1.29 is 0 Å². The van der Waals surface area contributed by atoms with Gasteiger partial charge in [0.2, 0.25) is 0 Å². The number of fused-ring (bicyclic) bond motifs is 2. The summed E-state index contributed by atoms with van der Waals surface area (Å²) in [5.74, 6) is 0. The molecule has 1 nitrogen and oxygen atoms in total. The molecule has 0 aliphatic heterocycles. The fourth-order valence-corrected chi connectivity index (χ4v) is 3.23. The molecule has 0 aliphatic rings. The van der Waals surface area contributed by atoms with Crippen molar-refractivity contribution in [3.05, 3.63) is 66.7 Å². The van der Waals surface area contributed by atoms with E-state index >= 15 is 0 Å². The lowest BCUT2D eigenvalue weighted by Crippen LogP contribution is -1.79. The highest BCUT2D eigenvalue weighted by molar-refractivity contribution is 7.13. The van der Waals surface area contributed by atoms with Crippen LogP contribution in [0.4, 0.5) is 0 Å². The van der Waals surface area contributed by atoms with Crippen LogP contribution in [-0.4, -0.2) is 4.37 Å². The molecule has 0 unspecified atom stereocenters. The van der Waals surface area contributed by atoms with Gasteiger partial charge < -0.3 is 0 Å². The van der Waals surface area contributed by atoms with E-state index in [1.165, 1.54) is 26.4 Å². The van der Waals surface area contributed by atoms with Crippen LogP contribution in [0, 0.1) is 0 Å². The van der Waals surface area contributed by atoms with E-state index in [-0.39, 0.29) is 0 Å². The Morgan fingerprint density at radius 1 is 0.737 bits per heavy atom. The normalized spacial score (nSPS) is 11.2. The Labute approximate surface area is 115 Å². The maximum Gasteiger partial charge on any atom is 0.0919 e. The van der Waals surface area contributed by atoms with Crippen LogP contribution >= 0.6 is 11.5 Å². The number of hydrogen-bond acceptors (Lipinski definition) is 2.